The lowest BCUT2D eigenvalue weighted by atomic mass is 10.1. The van der Waals surface area contributed by atoms with Crippen molar-refractivity contribution in [1.29, 1.82) is 0 Å². The molecule has 0 aliphatic carbocycles. The van der Waals surface area contributed by atoms with Gasteiger partial charge in [-0.1, -0.05) is 24.3 Å². The van der Waals surface area contributed by atoms with Crippen molar-refractivity contribution in [2.24, 2.45) is 5.92 Å². The maximum absolute atomic E-state index is 12.3. The number of thiophene rings is 1. The molecule has 1 aromatic carbocycles. The Kier molecular flexibility index (Phi) is 4.11. The first-order valence-electron chi connectivity index (χ1n) is 7.07. The van der Waals surface area contributed by atoms with Crippen molar-refractivity contribution in [3.8, 4) is 10.4 Å². The van der Waals surface area contributed by atoms with Gasteiger partial charge < -0.3 is 15.3 Å². The molecule has 0 radical (unpaired) electrons. The van der Waals surface area contributed by atoms with Gasteiger partial charge in [0.15, 0.2) is 0 Å². The first-order valence-corrected chi connectivity index (χ1v) is 7.95. The Morgan fingerprint density at radius 2 is 2.05 bits per heavy atom. The number of benzene rings is 1. The second kappa shape index (κ2) is 6.19. The van der Waals surface area contributed by atoms with Crippen LogP contribution in [0.4, 0.5) is 10.5 Å². The van der Waals surface area contributed by atoms with E-state index in [9.17, 15) is 9.59 Å². The van der Waals surface area contributed by atoms with E-state index < -0.39 is 11.9 Å². The highest BCUT2D eigenvalue weighted by atomic mass is 32.1. The summed E-state index contributed by atoms with van der Waals surface area (Å²) in [7, 11) is 0. The van der Waals surface area contributed by atoms with Gasteiger partial charge in [-0.3, -0.25) is 4.79 Å². The standard InChI is InChI=1S/C16H16N2O3S/c19-15(20)11-7-8-18(10-11)16(21)17-13-5-2-1-4-12(13)14-6-3-9-22-14/h1-6,9,11H,7-8,10H2,(H,17,21)(H,19,20). The maximum atomic E-state index is 12.3. The number of hydrogen-bond donors (Lipinski definition) is 2. The summed E-state index contributed by atoms with van der Waals surface area (Å²) in [5.74, 6) is -1.30. The fourth-order valence-electron chi connectivity index (χ4n) is 2.58. The average molecular weight is 316 g/mol. The van der Waals surface area contributed by atoms with Crippen LogP contribution < -0.4 is 5.32 Å². The van der Waals surface area contributed by atoms with Crippen molar-refractivity contribution in [2.75, 3.05) is 18.4 Å². The van der Waals surface area contributed by atoms with E-state index in [0.29, 0.717) is 13.0 Å². The first-order chi connectivity index (χ1) is 10.6. The average Bonchev–Trinajstić information content (AvgIpc) is 3.19. The van der Waals surface area contributed by atoms with Gasteiger partial charge in [-0.2, -0.15) is 0 Å². The summed E-state index contributed by atoms with van der Waals surface area (Å²) in [5, 5.41) is 13.9. The van der Waals surface area contributed by atoms with Crippen LogP contribution >= 0.6 is 11.3 Å². The Morgan fingerprint density at radius 3 is 2.73 bits per heavy atom. The minimum absolute atomic E-state index is 0.243. The largest absolute Gasteiger partial charge is 0.481 e. The summed E-state index contributed by atoms with van der Waals surface area (Å²) >= 11 is 1.61. The Balaban J connectivity index is 1.74. The highest BCUT2D eigenvalue weighted by Gasteiger charge is 2.31. The zero-order valence-electron chi connectivity index (χ0n) is 11.9. The second-order valence-electron chi connectivity index (χ2n) is 5.22. The summed E-state index contributed by atoms with van der Waals surface area (Å²) in [6.07, 6.45) is 0.509. The molecule has 2 amide bonds. The normalized spacial score (nSPS) is 17.5. The van der Waals surface area contributed by atoms with Crippen molar-refractivity contribution in [1.82, 2.24) is 4.90 Å². The molecule has 1 aliphatic rings. The van der Waals surface area contributed by atoms with E-state index in [4.69, 9.17) is 5.11 Å². The fraction of sp³-hybridized carbons (Fsp3) is 0.250. The number of hydrogen-bond acceptors (Lipinski definition) is 3. The van der Waals surface area contributed by atoms with Gasteiger partial charge in [0.1, 0.15) is 0 Å². The Bertz CT molecular complexity index is 684. The van der Waals surface area contributed by atoms with Gasteiger partial charge in [-0.05, 0) is 23.9 Å². The number of carbonyl (C=O) groups excluding carboxylic acids is 1. The van der Waals surface area contributed by atoms with Gasteiger partial charge in [0, 0.05) is 23.5 Å². The number of rotatable bonds is 3. The van der Waals surface area contributed by atoms with Crippen molar-refractivity contribution in [3.63, 3.8) is 0 Å². The van der Waals surface area contributed by atoms with Gasteiger partial charge in [0.05, 0.1) is 11.6 Å². The molecule has 1 aromatic heterocycles. The molecule has 1 aliphatic heterocycles. The molecule has 22 heavy (non-hydrogen) atoms. The molecule has 0 spiro atoms. The molecule has 3 rings (SSSR count). The van der Waals surface area contributed by atoms with Crippen molar-refractivity contribution in [3.05, 3.63) is 41.8 Å². The first kappa shape index (κ1) is 14.6. The summed E-state index contributed by atoms with van der Waals surface area (Å²) in [4.78, 5) is 26.0. The monoisotopic (exact) mass is 316 g/mol. The van der Waals surface area contributed by atoms with Crippen LogP contribution in [0.2, 0.25) is 0 Å². The third-order valence-corrected chi connectivity index (χ3v) is 4.68. The van der Waals surface area contributed by atoms with E-state index in [1.54, 1.807) is 16.2 Å². The molecular weight excluding hydrogens is 300 g/mol. The SMILES string of the molecule is O=C(O)C1CCN(C(=O)Nc2ccccc2-c2cccs2)C1. The number of urea groups is 1. The molecule has 2 N–H and O–H groups in total. The van der Waals surface area contributed by atoms with Gasteiger partial charge in [-0.15, -0.1) is 11.3 Å². The molecule has 1 fully saturated rings. The number of nitrogens with one attached hydrogen (secondary N) is 1. The number of para-hydroxylation sites is 1. The molecule has 6 heteroatoms. The van der Waals surface area contributed by atoms with Gasteiger partial charge in [-0.25, -0.2) is 4.79 Å². The predicted molar refractivity (Wildman–Crippen MR) is 86.1 cm³/mol. The third kappa shape index (κ3) is 2.96. The number of aliphatic carboxylic acids is 1. The van der Waals surface area contributed by atoms with Crippen LogP contribution in [0.3, 0.4) is 0 Å². The fourth-order valence-corrected chi connectivity index (χ4v) is 3.35. The zero-order valence-corrected chi connectivity index (χ0v) is 12.7. The molecule has 1 atom stereocenters. The number of likely N-dealkylation sites (tertiary alicyclic amines) is 1. The lowest BCUT2D eigenvalue weighted by Crippen LogP contribution is -2.33. The van der Waals surface area contributed by atoms with E-state index in [1.807, 2.05) is 41.8 Å². The molecule has 1 saturated heterocycles. The summed E-state index contributed by atoms with van der Waals surface area (Å²) < 4.78 is 0. The molecule has 0 saturated carbocycles. The number of anilines is 1. The van der Waals surface area contributed by atoms with Crippen LogP contribution in [-0.4, -0.2) is 35.1 Å². The Hall–Kier alpha value is -2.34. The van der Waals surface area contributed by atoms with E-state index in [0.717, 1.165) is 16.1 Å². The Labute approximate surface area is 132 Å². The van der Waals surface area contributed by atoms with Crippen LogP contribution in [0.1, 0.15) is 6.42 Å². The van der Waals surface area contributed by atoms with Gasteiger partial charge in [0.2, 0.25) is 0 Å². The van der Waals surface area contributed by atoms with Crippen molar-refractivity contribution in [2.45, 2.75) is 6.42 Å². The van der Waals surface area contributed by atoms with Crippen molar-refractivity contribution >= 4 is 29.0 Å². The highest BCUT2D eigenvalue weighted by molar-refractivity contribution is 7.13. The van der Waals surface area contributed by atoms with E-state index in [-0.39, 0.29) is 12.6 Å². The predicted octanol–water partition coefficient (Wildman–Crippen LogP) is 3.35. The van der Waals surface area contributed by atoms with Gasteiger partial charge in [0.25, 0.3) is 0 Å². The zero-order chi connectivity index (χ0) is 15.5. The lowest BCUT2D eigenvalue weighted by Gasteiger charge is -2.18. The second-order valence-corrected chi connectivity index (χ2v) is 6.17. The summed E-state index contributed by atoms with van der Waals surface area (Å²) in [6, 6.07) is 11.4. The number of amides is 2. The molecule has 0 bridgehead atoms. The summed E-state index contributed by atoms with van der Waals surface area (Å²) in [6.45, 7) is 0.742. The van der Waals surface area contributed by atoms with Crippen molar-refractivity contribution < 1.29 is 14.7 Å². The van der Waals surface area contributed by atoms with Crippen LogP contribution in [0, 0.1) is 5.92 Å². The topological polar surface area (TPSA) is 69.6 Å². The summed E-state index contributed by atoms with van der Waals surface area (Å²) in [5.41, 5.74) is 1.72. The lowest BCUT2D eigenvalue weighted by molar-refractivity contribution is -0.141. The maximum Gasteiger partial charge on any atom is 0.321 e. The number of carbonyl (C=O) groups is 2. The molecule has 2 heterocycles. The van der Waals surface area contributed by atoms with E-state index >= 15 is 0 Å². The van der Waals surface area contributed by atoms with Crippen LogP contribution in [0.15, 0.2) is 41.8 Å². The molecular formula is C16H16N2O3S. The van der Waals surface area contributed by atoms with Crippen LogP contribution in [0.5, 0.6) is 0 Å². The molecule has 1 unspecified atom stereocenters. The van der Waals surface area contributed by atoms with E-state index in [2.05, 4.69) is 5.32 Å². The molecule has 114 valence electrons. The number of carboxylic acids is 1. The minimum Gasteiger partial charge on any atom is -0.481 e. The molecule has 2 aromatic rings. The Morgan fingerprint density at radius 1 is 1.23 bits per heavy atom. The minimum atomic E-state index is -0.839. The number of nitrogens with zero attached hydrogens (tertiary/aromatic N) is 1. The molecule has 5 nitrogen and oxygen atoms in total. The number of carboxylic acid groups (broad SMARTS) is 1. The van der Waals surface area contributed by atoms with Crippen LogP contribution in [0.25, 0.3) is 10.4 Å². The van der Waals surface area contributed by atoms with E-state index in [1.165, 1.54) is 0 Å². The third-order valence-electron chi connectivity index (χ3n) is 3.78. The highest BCUT2D eigenvalue weighted by Crippen LogP contribution is 2.31. The smallest absolute Gasteiger partial charge is 0.321 e. The quantitative estimate of drug-likeness (QED) is 0.912. The van der Waals surface area contributed by atoms with Crippen LogP contribution in [-0.2, 0) is 4.79 Å². The van der Waals surface area contributed by atoms with Gasteiger partial charge >= 0.3 is 12.0 Å².